The highest BCUT2D eigenvalue weighted by molar-refractivity contribution is 5.91. The third-order valence-electron chi connectivity index (χ3n) is 0.999. The molecule has 0 aliphatic rings. The fourth-order valence-electron chi connectivity index (χ4n) is 0.533. The zero-order valence-corrected chi connectivity index (χ0v) is 5.66. The number of amides is 1. The molecule has 0 unspecified atom stereocenters. The van der Waals surface area contributed by atoms with E-state index in [2.05, 4.69) is 26.6 Å². The van der Waals surface area contributed by atoms with E-state index in [0.29, 0.717) is 0 Å². The molecule has 0 aliphatic heterocycles. The average Bonchev–Trinajstić information content (AvgIpc) is 2.52. The summed E-state index contributed by atoms with van der Waals surface area (Å²) < 4.78 is 0. The minimum absolute atomic E-state index is 0.200. The highest BCUT2D eigenvalue weighted by Gasteiger charge is 2.05. The zero-order valence-electron chi connectivity index (χ0n) is 5.66. The number of hydrogen-bond donors (Lipinski definition) is 2. The Labute approximate surface area is 63.2 Å². The van der Waals surface area contributed by atoms with Gasteiger partial charge in [-0.05, 0) is 0 Å². The molecule has 0 fully saturated rings. The predicted octanol–water partition coefficient (Wildman–Crippen LogP) is -0.832. The van der Waals surface area contributed by atoms with Crippen molar-refractivity contribution in [1.29, 1.82) is 0 Å². The van der Waals surface area contributed by atoms with Crippen LogP contribution in [0.3, 0.4) is 0 Å². The maximum absolute atomic E-state index is 10.9. The second-order valence-corrected chi connectivity index (χ2v) is 1.74. The van der Waals surface area contributed by atoms with Gasteiger partial charge in [0.05, 0.1) is 12.7 Å². The zero-order chi connectivity index (χ0) is 8.10. The van der Waals surface area contributed by atoms with Crippen molar-refractivity contribution in [3.05, 3.63) is 11.9 Å². The van der Waals surface area contributed by atoms with Crippen molar-refractivity contribution in [3.8, 4) is 12.3 Å². The second kappa shape index (κ2) is 3.37. The lowest BCUT2D eigenvalue weighted by Gasteiger charge is -1.93. The number of nitrogens with zero attached hydrogens (tertiary/aromatic N) is 2. The van der Waals surface area contributed by atoms with Crippen LogP contribution >= 0.6 is 0 Å². The molecular formula is C6H6N4O. The number of rotatable bonds is 2. The summed E-state index contributed by atoms with van der Waals surface area (Å²) in [5.74, 6) is 1.95. The third kappa shape index (κ3) is 1.79. The van der Waals surface area contributed by atoms with Gasteiger partial charge in [0.25, 0.3) is 5.91 Å². The number of H-pyrrole nitrogens is 1. The monoisotopic (exact) mass is 150 g/mol. The Balaban J connectivity index is 2.51. The lowest BCUT2D eigenvalue weighted by molar-refractivity contribution is 0.0953. The fourth-order valence-corrected chi connectivity index (χ4v) is 0.533. The molecule has 0 radical (unpaired) electrons. The van der Waals surface area contributed by atoms with Gasteiger partial charge in [-0.25, -0.2) is 0 Å². The highest BCUT2D eigenvalue weighted by Crippen LogP contribution is 1.85. The number of aromatic amines is 1. The van der Waals surface area contributed by atoms with E-state index in [1.165, 1.54) is 6.20 Å². The largest absolute Gasteiger partial charge is 0.340 e. The van der Waals surface area contributed by atoms with E-state index in [1.54, 1.807) is 0 Å². The molecule has 1 aromatic rings. The molecule has 0 aromatic carbocycles. The molecule has 2 N–H and O–H groups in total. The van der Waals surface area contributed by atoms with Gasteiger partial charge in [-0.2, -0.15) is 15.4 Å². The van der Waals surface area contributed by atoms with Gasteiger partial charge in [0.1, 0.15) is 0 Å². The molecule has 1 heterocycles. The first-order valence-electron chi connectivity index (χ1n) is 2.92. The summed E-state index contributed by atoms with van der Waals surface area (Å²) in [5.41, 5.74) is 0.236. The van der Waals surface area contributed by atoms with Crippen molar-refractivity contribution < 1.29 is 4.79 Å². The molecule has 0 atom stereocenters. The van der Waals surface area contributed by atoms with Gasteiger partial charge in [-0.15, -0.1) is 6.42 Å². The molecule has 0 bridgehead atoms. The normalized spacial score (nSPS) is 8.64. The number of carbonyl (C=O) groups is 1. The molecule has 0 saturated heterocycles. The summed E-state index contributed by atoms with van der Waals surface area (Å²) in [7, 11) is 0. The van der Waals surface area contributed by atoms with Crippen LogP contribution < -0.4 is 5.32 Å². The maximum Gasteiger partial charge on any atom is 0.274 e. The molecule has 0 aliphatic carbocycles. The summed E-state index contributed by atoms with van der Waals surface area (Å²) in [5, 5.41) is 11.8. The predicted molar refractivity (Wildman–Crippen MR) is 37.5 cm³/mol. The molecule has 1 aromatic heterocycles. The van der Waals surface area contributed by atoms with Gasteiger partial charge in [0.2, 0.25) is 0 Å². The van der Waals surface area contributed by atoms with Crippen molar-refractivity contribution in [2.45, 2.75) is 0 Å². The van der Waals surface area contributed by atoms with Gasteiger partial charge in [-0.1, -0.05) is 5.92 Å². The Hall–Kier alpha value is -1.83. The summed E-state index contributed by atoms with van der Waals surface area (Å²) >= 11 is 0. The van der Waals surface area contributed by atoms with E-state index in [4.69, 9.17) is 6.42 Å². The number of terminal acetylenes is 1. The van der Waals surface area contributed by atoms with Crippen LogP contribution in [0.4, 0.5) is 0 Å². The van der Waals surface area contributed by atoms with Crippen LogP contribution in [0.15, 0.2) is 6.20 Å². The Bertz CT molecular complexity index is 271. The van der Waals surface area contributed by atoms with E-state index in [9.17, 15) is 4.79 Å². The van der Waals surface area contributed by atoms with Crippen LogP contribution in [0.25, 0.3) is 0 Å². The first-order valence-corrected chi connectivity index (χ1v) is 2.92. The molecular weight excluding hydrogens is 144 g/mol. The second-order valence-electron chi connectivity index (χ2n) is 1.74. The minimum Gasteiger partial charge on any atom is -0.340 e. The topological polar surface area (TPSA) is 70.7 Å². The van der Waals surface area contributed by atoms with Crippen LogP contribution in [-0.2, 0) is 0 Å². The van der Waals surface area contributed by atoms with Crippen LogP contribution in [0.2, 0.25) is 0 Å². The Kier molecular flexibility index (Phi) is 2.23. The smallest absolute Gasteiger partial charge is 0.274 e. The van der Waals surface area contributed by atoms with Gasteiger partial charge in [0, 0.05) is 0 Å². The average molecular weight is 150 g/mol. The first-order chi connectivity index (χ1) is 5.34. The van der Waals surface area contributed by atoms with Gasteiger partial charge in [0.15, 0.2) is 5.69 Å². The molecule has 5 heteroatoms. The summed E-state index contributed by atoms with van der Waals surface area (Å²) in [6, 6.07) is 0. The van der Waals surface area contributed by atoms with Gasteiger partial charge >= 0.3 is 0 Å². The van der Waals surface area contributed by atoms with Crippen LogP contribution in [0.5, 0.6) is 0 Å². The quantitative estimate of drug-likeness (QED) is 0.540. The molecule has 1 amide bonds. The minimum atomic E-state index is -0.322. The lowest BCUT2D eigenvalue weighted by Crippen LogP contribution is -2.23. The molecule has 0 saturated carbocycles. The summed E-state index contributed by atoms with van der Waals surface area (Å²) in [6.07, 6.45) is 6.25. The number of nitrogens with one attached hydrogen (secondary N) is 2. The molecule has 56 valence electrons. The van der Waals surface area contributed by atoms with Crippen molar-refractivity contribution in [2.24, 2.45) is 0 Å². The van der Waals surface area contributed by atoms with Gasteiger partial charge < -0.3 is 5.32 Å². The number of hydrogen-bond acceptors (Lipinski definition) is 3. The van der Waals surface area contributed by atoms with Crippen molar-refractivity contribution in [3.63, 3.8) is 0 Å². The van der Waals surface area contributed by atoms with E-state index >= 15 is 0 Å². The van der Waals surface area contributed by atoms with Crippen molar-refractivity contribution in [1.82, 2.24) is 20.7 Å². The molecule has 1 rings (SSSR count). The summed E-state index contributed by atoms with van der Waals surface area (Å²) in [6.45, 7) is 0.200. The van der Waals surface area contributed by atoms with E-state index in [1.807, 2.05) is 0 Å². The van der Waals surface area contributed by atoms with Crippen LogP contribution in [0.1, 0.15) is 10.5 Å². The first kappa shape index (κ1) is 7.28. The van der Waals surface area contributed by atoms with E-state index < -0.39 is 0 Å². The third-order valence-corrected chi connectivity index (χ3v) is 0.999. The molecule has 0 spiro atoms. The van der Waals surface area contributed by atoms with Gasteiger partial charge in [-0.3, -0.25) is 4.79 Å². The molecule has 5 nitrogen and oxygen atoms in total. The SMILES string of the molecule is C#CCNC(=O)c1cn[nH]n1. The lowest BCUT2D eigenvalue weighted by atomic mass is 10.4. The summed E-state index contributed by atoms with van der Waals surface area (Å²) in [4.78, 5) is 10.9. The van der Waals surface area contributed by atoms with E-state index in [-0.39, 0.29) is 18.1 Å². The maximum atomic E-state index is 10.9. The Morgan fingerprint density at radius 3 is 3.27 bits per heavy atom. The standard InChI is InChI=1S/C6H6N4O/c1-2-3-7-6(11)5-4-8-10-9-5/h1,4H,3H2,(H,7,11)(H,8,9,10). The number of carbonyl (C=O) groups excluding carboxylic acids is 1. The molecule has 11 heavy (non-hydrogen) atoms. The number of aromatic nitrogens is 3. The Morgan fingerprint density at radius 1 is 1.91 bits per heavy atom. The van der Waals surface area contributed by atoms with Crippen LogP contribution in [0, 0.1) is 12.3 Å². The van der Waals surface area contributed by atoms with E-state index in [0.717, 1.165) is 0 Å². The Morgan fingerprint density at radius 2 is 2.73 bits per heavy atom. The highest BCUT2D eigenvalue weighted by atomic mass is 16.1. The van der Waals surface area contributed by atoms with Crippen LogP contribution in [-0.4, -0.2) is 27.9 Å². The fraction of sp³-hybridized carbons (Fsp3) is 0.167. The van der Waals surface area contributed by atoms with Crippen molar-refractivity contribution >= 4 is 5.91 Å². The van der Waals surface area contributed by atoms with Crippen molar-refractivity contribution in [2.75, 3.05) is 6.54 Å².